The normalized spacial score (nSPS) is 10.8. The molecule has 6 heteroatoms. The van der Waals surface area contributed by atoms with E-state index >= 15 is 0 Å². The van der Waals surface area contributed by atoms with Gasteiger partial charge in [-0.15, -0.1) is 5.10 Å². The van der Waals surface area contributed by atoms with Crippen LogP contribution in [0.2, 0.25) is 0 Å². The molecule has 19 heavy (non-hydrogen) atoms. The molecule has 1 heterocycles. The number of hydrogen-bond donors (Lipinski definition) is 1. The average molecular weight is 261 g/mol. The number of nitrogens with zero attached hydrogens (tertiary/aromatic N) is 4. The van der Waals surface area contributed by atoms with Gasteiger partial charge in [0, 0.05) is 31.5 Å². The lowest BCUT2D eigenvalue weighted by Gasteiger charge is -2.06. The summed E-state index contributed by atoms with van der Waals surface area (Å²) in [6.07, 6.45) is 1.97. The fourth-order valence-corrected chi connectivity index (χ4v) is 1.85. The van der Waals surface area contributed by atoms with Gasteiger partial charge in [0.25, 0.3) is 0 Å². The zero-order chi connectivity index (χ0) is 13.7. The number of anilines is 1. The number of aryl methyl sites for hydroxylation is 2. The average Bonchev–Trinajstić information content (AvgIpc) is 2.86. The molecule has 2 aromatic rings. The second kappa shape index (κ2) is 6.29. The highest BCUT2D eigenvalue weighted by Crippen LogP contribution is 2.21. The summed E-state index contributed by atoms with van der Waals surface area (Å²) in [5.41, 5.74) is 8.68. The van der Waals surface area contributed by atoms with Crippen molar-refractivity contribution in [3.05, 3.63) is 23.8 Å². The molecule has 1 aromatic heterocycles. The SMILES string of the molecule is COCCCCn1nnnc1-c1ccc(C)c(N)c1. The molecule has 6 nitrogen and oxygen atoms in total. The van der Waals surface area contributed by atoms with Gasteiger partial charge in [-0.2, -0.15) is 0 Å². The fraction of sp³-hybridized carbons (Fsp3) is 0.462. The van der Waals surface area contributed by atoms with Crippen molar-refractivity contribution in [1.29, 1.82) is 0 Å². The Morgan fingerprint density at radius 2 is 2.16 bits per heavy atom. The summed E-state index contributed by atoms with van der Waals surface area (Å²) in [5, 5.41) is 11.8. The number of ether oxygens (including phenoxy) is 1. The van der Waals surface area contributed by atoms with Crippen LogP contribution >= 0.6 is 0 Å². The minimum atomic E-state index is 0.754. The molecule has 2 N–H and O–H groups in total. The van der Waals surface area contributed by atoms with Crippen molar-refractivity contribution in [3.8, 4) is 11.4 Å². The topological polar surface area (TPSA) is 78.8 Å². The molecule has 0 aliphatic rings. The summed E-state index contributed by atoms with van der Waals surface area (Å²) in [6, 6.07) is 5.88. The summed E-state index contributed by atoms with van der Waals surface area (Å²) in [6.45, 7) is 3.52. The number of methoxy groups -OCH3 is 1. The van der Waals surface area contributed by atoms with Crippen LogP contribution < -0.4 is 5.73 Å². The predicted octanol–water partition coefficient (Wildman–Crippen LogP) is 1.66. The summed E-state index contributed by atoms with van der Waals surface area (Å²) >= 11 is 0. The van der Waals surface area contributed by atoms with Crippen LogP contribution in [0.5, 0.6) is 0 Å². The minimum absolute atomic E-state index is 0.754. The zero-order valence-electron chi connectivity index (χ0n) is 11.3. The molecule has 0 unspecified atom stereocenters. The maximum absolute atomic E-state index is 5.92. The molecule has 102 valence electrons. The van der Waals surface area contributed by atoms with Crippen molar-refractivity contribution >= 4 is 5.69 Å². The van der Waals surface area contributed by atoms with Crippen LogP contribution in [0.1, 0.15) is 18.4 Å². The Morgan fingerprint density at radius 3 is 2.89 bits per heavy atom. The number of nitrogen functional groups attached to an aromatic ring is 1. The van der Waals surface area contributed by atoms with E-state index in [9.17, 15) is 0 Å². The third-order valence-corrected chi connectivity index (χ3v) is 3.04. The molecule has 0 atom stereocenters. The van der Waals surface area contributed by atoms with E-state index in [1.165, 1.54) is 0 Å². The largest absolute Gasteiger partial charge is 0.398 e. The number of unbranched alkanes of at least 4 members (excludes halogenated alkanes) is 1. The molecule has 0 aliphatic carbocycles. The lowest BCUT2D eigenvalue weighted by Crippen LogP contribution is -2.04. The molecule has 0 aliphatic heterocycles. The number of hydrogen-bond acceptors (Lipinski definition) is 5. The third-order valence-electron chi connectivity index (χ3n) is 3.04. The number of benzene rings is 1. The number of tetrazole rings is 1. The molecular formula is C13H19N5O. The van der Waals surface area contributed by atoms with Gasteiger partial charge in [0.05, 0.1) is 0 Å². The predicted molar refractivity (Wildman–Crippen MR) is 73.5 cm³/mol. The molecule has 1 aromatic carbocycles. The van der Waals surface area contributed by atoms with E-state index in [2.05, 4.69) is 15.5 Å². The quantitative estimate of drug-likeness (QED) is 0.632. The second-order valence-corrected chi connectivity index (χ2v) is 4.50. The standard InChI is InChI=1S/C13H19N5O/c1-10-5-6-11(9-12(10)14)13-15-16-17-18(13)7-3-4-8-19-2/h5-6,9H,3-4,7-8,14H2,1-2H3. The van der Waals surface area contributed by atoms with Gasteiger partial charge in [-0.3, -0.25) is 0 Å². The lowest BCUT2D eigenvalue weighted by atomic mass is 10.1. The van der Waals surface area contributed by atoms with Gasteiger partial charge in [0.1, 0.15) is 0 Å². The number of aromatic nitrogens is 4. The molecule has 0 amide bonds. The van der Waals surface area contributed by atoms with Crippen molar-refractivity contribution in [2.24, 2.45) is 0 Å². The molecule has 0 fully saturated rings. The van der Waals surface area contributed by atoms with Gasteiger partial charge in [-0.25, -0.2) is 4.68 Å². The lowest BCUT2D eigenvalue weighted by molar-refractivity contribution is 0.191. The van der Waals surface area contributed by atoms with E-state index in [1.807, 2.05) is 25.1 Å². The molecule has 0 spiro atoms. The Labute approximate surface area is 112 Å². The van der Waals surface area contributed by atoms with Gasteiger partial charge in [0.15, 0.2) is 5.82 Å². The highest BCUT2D eigenvalue weighted by atomic mass is 16.5. The Morgan fingerprint density at radius 1 is 1.32 bits per heavy atom. The van der Waals surface area contributed by atoms with E-state index in [0.717, 1.165) is 48.6 Å². The second-order valence-electron chi connectivity index (χ2n) is 4.50. The molecule has 0 bridgehead atoms. The van der Waals surface area contributed by atoms with Crippen molar-refractivity contribution < 1.29 is 4.74 Å². The Kier molecular flexibility index (Phi) is 4.46. The van der Waals surface area contributed by atoms with Crippen LogP contribution in [0.15, 0.2) is 18.2 Å². The molecular weight excluding hydrogens is 242 g/mol. The summed E-state index contributed by atoms with van der Waals surface area (Å²) in [7, 11) is 1.71. The van der Waals surface area contributed by atoms with Crippen LogP contribution in [-0.2, 0) is 11.3 Å². The van der Waals surface area contributed by atoms with E-state index in [1.54, 1.807) is 11.8 Å². The Bertz CT molecular complexity index is 538. The highest BCUT2D eigenvalue weighted by Gasteiger charge is 2.09. The third kappa shape index (κ3) is 3.29. The van der Waals surface area contributed by atoms with Crippen LogP contribution in [0.25, 0.3) is 11.4 Å². The first kappa shape index (κ1) is 13.5. The maximum atomic E-state index is 5.92. The van der Waals surface area contributed by atoms with E-state index < -0.39 is 0 Å². The van der Waals surface area contributed by atoms with Crippen LogP contribution in [-0.4, -0.2) is 33.9 Å². The van der Waals surface area contributed by atoms with E-state index in [-0.39, 0.29) is 0 Å². The van der Waals surface area contributed by atoms with Crippen molar-refractivity contribution in [3.63, 3.8) is 0 Å². The van der Waals surface area contributed by atoms with Gasteiger partial charge >= 0.3 is 0 Å². The first-order valence-corrected chi connectivity index (χ1v) is 6.34. The van der Waals surface area contributed by atoms with Crippen LogP contribution in [0.4, 0.5) is 5.69 Å². The van der Waals surface area contributed by atoms with Crippen LogP contribution in [0, 0.1) is 6.92 Å². The Balaban J connectivity index is 2.12. The van der Waals surface area contributed by atoms with Gasteiger partial charge in [0.2, 0.25) is 0 Å². The van der Waals surface area contributed by atoms with Crippen molar-refractivity contribution in [2.75, 3.05) is 19.5 Å². The fourth-order valence-electron chi connectivity index (χ4n) is 1.85. The summed E-state index contributed by atoms with van der Waals surface area (Å²) in [4.78, 5) is 0. The van der Waals surface area contributed by atoms with Gasteiger partial charge < -0.3 is 10.5 Å². The molecule has 0 saturated heterocycles. The van der Waals surface area contributed by atoms with Gasteiger partial charge in [-0.1, -0.05) is 12.1 Å². The first-order chi connectivity index (χ1) is 9.22. The molecule has 0 radical (unpaired) electrons. The minimum Gasteiger partial charge on any atom is -0.398 e. The highest BCUT2D eigenvalue weighted by molar-refractivity contribution is 5.63. The summed E-state index contributed by atoms with van der Waals surface area (Å²) < 4.78 is 6.83. The van der Waals surface area contributed by atoms with E-state index in [0.29, 0.717) is 0 Å². The first-order valence-electron chi connectivity index (χ1n) is 6.34. The smallest absolute Gasteiger partial charge is 0.182 e. The molecule has 0 saturated carbocycles. The van der Waals surface area contributed by atoms with Gasteiger partial charge in [-0.05, 0) is 41.8 Å². The van der Waals surface area contributed by atoms with E-state index in [4.69, 9.17) is 10.5 Å². The Hall–Kier alpha value is -1.95. The monoisotopic (exact) mass is 261 g/mol. The van der Waals surface area contributed by atoms with Crippen LogP contribution in [0.3, 0.4) is 0 Å². The number of rotatable bonds is 6. The maximum Gasteiger partial charge on any atom is 0.182 e. The van der Waals surface area contributed by atoms with Crippen molar-refractivity contribution in [2.45, 2.75) is 26.3 Å². The summed E-state index contributed by atoms with van der Waals surface area (Å²) in [5.74, 6) is 0.754. The van der Waals surface area contributed by atoms with Crippen molar-refractivity contribution in [1.82, 2.24) is 20.2 Å². The molecule has 2 rings (SSSR count). The zero-order valence-corrected chi connectivity index (χ0v) is 11.3. The number of nitrogens with two attached hydrogens (primary N) is 1.